The van der Waals surface area contributed by atoms with Gasteiger partial charge in [0.25, 0.3) is 0 Å². The first-order valence-electron chi connectivity index (χ1n) is 4.02. The smallest absolute Gasteiger partial charge is 0.352 e. The van der Waals surface area contributed by atoms with E-state index < -0.39 is 5.97 Å². The minimum atomic E-state index is -1.03. The van der Waals surface area contributed by atoms with E-state index in [1.807, 2.05) is 0 Å². The number of aromatic nitrogens is 1. The SMILES string of the molecule is O=Cc1cccc2[nH]c(C(=O)O)cc12. The van der Waals surface area contributed by atoms with E-state index >= 15 is 0 Å². The van der Waals surface area contributed by atoms with Gasteiger partial charge in [-0.2, -0.15) is 0 Å². The van der Waals surface area contributed by atoms with Crippen LogP contribution in [0.3, 0.4) is 0 Å². The maximum Gasteiger partial charge on any atom is 0.352 e. The molecule has 0 radical (unpaired) electrons. The van der Waals surface area contributed by atoms with Gasteiger partial charge in [0.1, 0.15) is 5.69 Å². The Hall–Kier alpha value is -2.10. The molecular formula is C10H7NO3. The van der Waals surface area contributed by atoms with Gasteiger partial charge in [0.2, 0.25) is 0 Å². The average molecular weight is 189 g/mol. The quantitative estimate of drug-likeness (QED) is 0.706. The second-order valence-corrected chi connectivity index (χ2v) is 2.91. The molecule has 0 atom stereocenters. The van der Waals surface area contributed by atoms with E-state index in [0.29, 0.717) is 22.8 Å². The summed E-state index contributed by atoms with van der Waals surface area (Å²) >= 11 is 0. The number of carboxylic acids is 1. The number of hydrogen-bond donors (Lipinski definition) is 2. The summed E-state index contributed by atoms with van der Waals surface area (Å²) in [5.41, 5.74) is 1.24. The van der Waals surface area contributed by atoms with Crippen LogP contribution in [0.2, 0.25) is 0 Å². The molecular weight excluding hydrogens is 182 g/mol. The molecule has 0 amide bonds. The van der Waals surface area contributed by atoms with Gasteiger partial charge in [0.05, 0.1) is 0 Å². The molecule has 2 rings (SSSR count). The third-order valence-electron chi connectivity index (χ3n) is 2.06. The molecule has 14 heavy (non-hydrogen) atoms. The van der Waals surface area contributed by atoms with Gasteiger partial charge in [-0.05, 0) is 12.1 Å². The van der Waals surface area contributed by atoms with E-state index in [2.05, 4.69) is 4.98 Å². The highest BCUT2D eigenvalue weighted by Crippen LogP contribution is 2.18. The Balaban J connectivity index is 2.76. The molecule has 0 saturated carbocycles. The highest BCUT2D eigenvalue weighted by Gasteiger charge is 2.08. The van der Waals surface area contributed by atoms with Crippen molar-refractivity contribution < 1.29 is 14.7 Å². The predicted molar refractivity (Wildman–Crippen MR) is 50.6 cm³/mol. The topological polar surface area (TPSA) is 70.2 Å². The lowest BCUT2D eigenvalue weighted by atomic mass is 10.1. The summed E-state index contributed by atoms with van der Waals surface area (Å²) in [4.78, 5) is 24.0. The van der Waals surface area contributed by atoms with Gasteiger partial charge in [-0.3, -0.25) is 4.79 Å². The molecule has 1 heterocycles. The molecule has 0 aliphatic rings. The van der Waals surface area contributed by atoms with E-state index in [1.165, 1.54) is 6.07 Å². The number of fused-ring (bicyclic) bond motifs is 1. The molecule has 0 unspecified atom stereocenters. The molecule has 2 N–H and O–H groups in total. The van der Waals surface area contributed by atoms with Crippen LogP contribution < -0.4 is 0 Å². The lowest BCUT2D eigenvalue weighted by Gasteiger charge is -1.91. The van der Waals surface area contributed by atoms with Crippen LogP contribution in [0, 0.1) is 0 Å². The van der Waals surface area contributed by atoms with Gasteiger partial charge in [0.15, 0.2) is 6.29 Å². The lowest BCUT2D eigenvalue weighted by molar-refractivity contribution is 0.0691. The minimum absolute atomic E-state index is 0.0919. The van der Waals surface area contributed by atoms with Crippen molar-refractivity contribution in [3.05, 3.63) is 35.5 Å². The Kier molecular flexibility index (Phi) is 1.81. The number of benzene rings is 1. The van der Waals surface area contributed by atoms with Crippen molar-refractivity contribution in [1.29, 1.82) is 0 Å². The van der Waals surface area contributed by atoms with Crippen LogP contribution in [0.1, 0.15) is 20.8 Å². The van der Waals surface area contributed by atoms with Gasteiger partial charge in [0, 0.05) is 16.5 Å². The zero-order chi connectivity index (χ0) is 10.1. The zero-order valence-electron chi connectivity index (χ0n) is 7.15. The van der Waals surface area contributed by atoms with Crippen LogP contribution >= 0.6 is 0 Å². The number of aromatic carboxylic acids is 1. The number of carboxylic acid groups (broad SMARTS) is 1. The number of aromatic amines is 1. The molecule has 0 aliphatic carbocycles. The fourth-order valence-electron chi connectivity index (χ4n) is 1.40. The van der Waals surface area contributed by atoms with E-state index in [-0.39, 0.29) is 5.69 Å². The summed E-state index contributed by atoms with van der Waals surface area (Å²) in [6.07, 6.45) is 0.710. The fraction of sp³-hybridized carbons (Fsp3) is 0. The van der Waals surface area contributed by atoms with Gasteiger partial charge < -0.3 is 10.1 Å². The number of carbonyl (C=O) groups excluding carboxylic acids is 1. The Morgan fingerprint density at radius 3 is 2.86 bits per heavy atom. The molecule has 0 spiro atoms. The van der Waals surface area contributed by atoms with Gasteiger partial charge >= 0.3 is 5.97 Å². The molecule has 4 heteroatoms. The second kappa shape index (κ2) is 2.99. The van der Waals surface area contributed by atoms with Crippen molar-refractivity contribution in [2.75, 3.05) is 0 Å². The normalized spacial score (nSPS) is 10.3. The van der Waals surface area contributed by atoms with Crippen LogP contribution in [0.25, 0.3) is 10.9 Å². The van der Waals surface area contributed by atoms with Crippen molar-refractivity contribution >= 4 is 23.2 Å². The summed E-state index contributed by atoms with van der Waals surface area (Å²) < 4.78 is 0. The highest BCUT2D eigenvalue weighted by molar-refractivity contribution is 6.01. The van der Waals surface area contributed by atoms with Crippen LogP contribution in [-0.2, 0) is 0 Å². The number of aldehydes is 1. The number of hydrogen-bond acceptors (Lipinski definition) is 2. The van der Waals surface area contributed by atoms with Crippen molar-refractivity contribution in [3.63, 3.8) is 0 Å². The molecule has 0 aliphatic heterocycles. The third-order valence-corrected chi connectivity index (χ3v) is 2.06. The lowest BCUT2D eigenvalue weighted by Crippen LogP contribution is -1.94. The van der Waals surface area contributed by atoms with E-state index in [1.54, 1.807) is 18.2 Å². The first-order valence-corrected chi connectivity index (χ1v) is 4.02. The van der Waals surface area contributed by atoms with Crippen molar-refractivity contribution in [3.8, 4) is 0 Å². The fourth-order valence-corrected chi connectivity index (χ4v) is 1.40. The Labute approximate surface area is 79.2 Å². The minimum Gasteiger partial charge on any atom is -0.477 e. The Bertz CT molecular complexity index is 513. The molecule has 4 nitrogen and oxygen atoms in total. The second-order valence-electron chi connectivity index (χ2n) is 2.91. The predicted octanol–water partition coefficient (Wildman–Crippen LogP) is 1.68. The van der Waals surface area contributed by atoms with E-state index in [9.17, 15) is 9.59 Å². The first-order chi connectivity index (χ1) is 6.72. The Morgan fingerprint density at radius 1 is 1.43 bits per heavy atom. The molecule has 2 aromatic rings. The molecule has 70 valence electrons. The summed E-state index contributed by atoms with van der Waals surface area (Å²) in [7, 11) is 0. The summed E-state index contributed by atoms with van der Waals surface area (Å²) in [6.45, 7) is 0. The monoisotopic (exact) mass is 189 g/mol. The van der Waals surface area contributed by atoms with Gasteiger partial charge in [-0.25, -0.2) is 4.79 Å². The van der Waals surface area contributed by atoms with Crippen molar-refractivity contribution in [1.82, 2.24) is 4.98 Å². The van der Waals surface area contributed by atoms with Crippen molar-refractivity contribution in [2.24, 2.45) is 0 Å². The summed E-state index contributed by atoms with van der Waals surface area (Å²) in [5, 5.41) is 9.37. The number of carbonyl (C=O) groups is 2. The van der Waals surface area contributed by atoms with Crippen LogP contribution in [0.5, 0.6) is 0 Å². The number of rotatable bonds is 2. The van der Waals surface area contributed by atoms with Crippen molar-refractivity contribution in [2.45, 2.75) is 0 Å². The third kappa shape index (κ3) is 1.17. The zero-order valence-corrected chi connectivity index (χ0v) is 7.15. The number of H-pyrrole nitrogens is 1. The standard InChI is InChI=1S/C10H7NO3/c12-5-6-2-1-3-8-7(6)4-9(11-8)10(13)14/h1-5,11H,(H,13,14). The Morgan fingerprint density at radius 2 is 2.21 bits per heavy atom. The number of nitrogens with one attached hydrogen (secondary N) is 1. The van der Waals surface area contributed by atoms with Crippen LogP contribution in [0.15, 0.2) is 24.3 Å². The summed E-state index contributed by atoms with van der Waals surface area (Å²) in [6, 6.07) is 6.54. The van der Waals surface area contributed by atoms with Gasteiger partial charge in [-0.15, -0.1) is 0 Å². The van der Waals surface area contributed by atoms with E-state index in [0.717, 1.165) is 0 Å². The molecule has 0 saturated heterocycles. The maximum atomic E-state index is 10.7. The van der Waals surface area contributed by atoms with Crippen LogP contribution in [-0.4, -0.2) is 22.3 Å². The molecule has 1 aromatic heterocycles. The highest BCUT2D eigenvalue weighted by atomic mass is 16.4. The largest absolute Gasteiger partial charge is 0.477 e. The van der Waals surface area contributed by atoms with E-state index in [4.69, 9.17) is 5.11 Å². The van der Waals surface area contributed by atoms with Crippen LogP contribution in [0.4, 0.5) is 0 Å². The average Bonchev–Trinajstić information content (AvgIpc) is 2.60. The molecule has 1 aromatic carbocycles. The first kappa shape index (κ1) is 8.50. The maximum absolute atomic E-state index is 10.7. The summed E-state index contributed by atoms with van der Waals surface area (Å²) in [5.74, 6) is -1.03. The molecule has 0 bridgehead atoms. The molecule has 0 fully saturated rings. The van der Waals surface area contributed by atoms with Gasteiger partial charge in [-0.1, -0.05) is 12.1 Å².